The Labute approximate surface area is 135 Å². The predicted octanol–water partition coefficient (Wildman–Crippen LogP) is 4.15. The van der Waals surface area contributed by atoms with Crippen molar-refractivity contribution < 1.29 is 4.74 Å². The molecular formula is C18H18N4O. The van der Waals surface area contributed by atoms with Crippen molar-refractivity contribution in [1.82, 2.24) is 15.0 Å². The molecular weight excluding hydrogens is 288 g/mol. The standard InChI is InChI=1S/C18H18N4O/c1-13-12-17(23-15-8-4-3-5-9-15)22-18(20-13)21-14(2)16-10-6-7-11-19-16/h3-12,14H,1-2H3,(H,20,21,22). The minimum Gasteiger partial charge on any atom is -0.439 e. The molecule has 0 spiro atoms. The molecule has 5 nitrogen and oxygen atoms in total. The summed E-state index contributed by atoms with van der Waals surface area (Å²) < 4.78 is 5.78. The fraction of sp³-hybridized carbons (Fsp3) is 0.167. The Balaban J connectivity index is 1.78. The summed E-state index contributed by atoms with van der Waals surface area (Å²) in [5.41, 5.74) is 1.77. The van der Waals surface area contributed by atoms with Crippen LogP contribution in [0.2, 0.25) is 0 Å². The first-order valence-corrected chi connectivity index (χ1v) is 7.47. The molecule has 0 bridgehead atoms. The van der Waals surface area contributed by atoms with Crippen LogP contribution in [-0.4, -0.2) is 15.0 Å². The Hall–Kier alpha value is -2.95. The Morgan fingerprint density at radius 1 is 1.00 bits per heavy atom. The van der Waals surface area contributed by atoms with Crippen LogP contribution in [0.25, 0.3) is 0 Å². The van der Waals surface area contributed by atoms with Crippen LogP contribution in [0.15, 0.2) is 60.8 Å². The second-order valence-corrected chi connectivity index (χ2v) is 5.21. The van der Waals surface area contributed by atoms with Crippen LogP contribution >= 0.6 is 0 Å². The third-order valence-corrected chi connectivity index (χ3v) is 3.27. The number of anilines is 1. The van der Waals surface area contributed by atoms with Gasteiger partial charge in [0.05, 0.1) is 11.7 Å². The molecule has 1 aromatic carbocycles. The molecule has 1 unspecified atom stereocenters. The lowest BCUT2D eigenvalue weighted by atomic mass is 10.2. The average molecular weight is 306 g/mol. The van der Waals surface area contributed by atoms with E-state index in [2.05, 4.69) is 20.3 Å². The molecule has 0 fully saturated rings. The van der Waals surface area contributed by atoms with E-state index in [-0.39, 0.29) is 6.04 Å². The zero-order valence-electron chi connectivity index (χ0n) is 13.1. The van der Waals surface area contributed by atoms with Crippen LogP contribution in [0, 0.1) is 6.92 Å². The van der Waals surface area contributed by atoms with Crippen molar-refractivity contribution in [1.29, 1.82) is 0 Å². The summed E-state index contributed by atoms with van der Waals surface area (Å²) in [7, 11) is 0. The first kappa shape index (κ1) is 15.0. The summed E-state index contributed by atoms with van der Waals surface area (Å²) in [6.45, 7) is 3.93. The number of ether oxygens (including phenoxy) is 1. The number of pyridine rings is 1. The monoisotopic (exact) mass is 306 g/mol. The molecule has 0 aliphatic heterocycles. The molecule has 0 aliphatic carbocycles. The van der Waals surface area contributed by atoms with Crippen molar-refractivity contribution in [3.63, 3.8) is 0 Å². The number of nitrogens with zero attached hydrogens (tertiary/aromatic N) is 3. The highest BCUT2D eigenvalue weighted by atomic mass is 16.5. The number of para-hydroxylation sites is 1. The van der Waals surface area contributed by atoms with Crippen LogP contribution in [0.4, 0.5) is 5.95 Å². The van der Waals surface area contributed by atoms with Crippen molar-refractivity contribution >= 4 is 5.95 Å². The first-order chi connectivity index (χ1) is 11.2. The number of hydrogen-bond acceptors (Lipinski definition) is 5. The van der Waals surface area contributed by atoms with Gasteiger partial charge in [-0.1, -0.05) is 24.3 Å². The Kier molecular flexibility index (Phi) is 4.47. The van der Waals surface area contributed by atoms with E-state index in [0.29, 0.717) is 11.8 Å². The van der Waals surface area contributed by atoms with Crippen molar-refractivity contribution in [2.24, 2.45) is 0 Å². The van der Waals surface area contributed by atoms with Crippen molar-refractivity contribution in [2.75, 3.05) is 5.32 Å². The molecule has 1 N–H and O–H groups in total. The van der Waals surface area contributed by atoms with Gasteiger partial charge >= 0.3 is 0 Å². The van der Waals surface area contributed by atoms with Crippen LogP contribution in [0.5, 0.6) is 11.6 Å². The van der Waals surface area contributed by atoms with E-state index in [1.165, 1.54) is 0 Å². The van der Waals surface area contributed by atoms with Crippen LogP contribution < -0.4 is 10.1 Å². The predicted molar refractivity (Wildman–Crippen MR) is 89.6 cm³/mol. The van der Waals surface area contributed by atoms with Crippen LogP contribution in [0.1, 0.15) is 24.4 Å². The first-order valence-electron chi connectivity index (χ1n) is 7.47. The molecule has 0 amide bonds. The summed E-state index contributed by atoms with van der Waals surface area (Å²) in [4.78, 5) is 13.2. The van der Waals surface area contributed by atoms with Crippen molar-refractivity contribution in [3.8, 4) is 11.6 Å². The number of benzene rings is 1. The fourth-order valence-corrected chi connectivity index (χ4v) is 2.17. The van der Waals surface area contributed by atoms with Gasteiger partial charge in [0, 0.05) is 18.0 Å². The fourth-order valence-electron chi connectivity index (χ4n) is 2.17. The lowest BCUT2D eigenvalue weighted by Crippen LogP contribution is -2.11. The molecule has 0 radical (unpaired) electrons. The lowest BCUT2D eigenvalue weighted by molar-refractivity contribution is 0.461. The summed E-state index contributed by atoms with van der Waals surface area (Å²) in [5, 5.41) is 3.26. The molecule has 5 heteroatoms. The molecule has 0 saturated heterocycles. The maximum absolute atomic E-state index is 5.78. The molecule has 2 heterocycles. The van der Waals surface area contributed by atoms with Gasteiger partial charge in [-0.3, -0.25) is 4.98 Å². The van der Waals surface area contributed by atoms with Gasteiger partial charge in [-0.15, -0.1) is 0 Å². The molecule has 116 valence electrons. The quantitative estimate of drug-likeness (QED) is 0.767. The number of aromatic nitrogens is 3. The number of aryl methyl sites for hydroxylation is 1. The van der Waals surface area contributed by atoms with E-state index in [1.54, 1.807) is 6.20 Å². The largest absolute Gasteiger partial charge is 0.439 e. The molecule has 0 saturated carbocycles. The second kappa shape index (κ2) is 6.87. The maximum Gasteiger partial charge on any atom is 0.226 e. The Morgan fingerprint density at radius 2 is 1.78 bits per heavy atom. The Morgan fingerprint density at radius 3 is 2.52 bits per heavy atom. The topological polar surface area (TPSA) is 59.9 Å². The van der Waals surface area contributed by atoms with E-state index in [9.17, 15) is 0 Å². The molecule has 23 heavy (non-hydrogen) atoms. The van der Waals surface area contributed by atoms with Crippen molar-refractivity contribution in [3.05, 3.63) is 72.2 Å². The van der Waals surface area contributed by atoms with E-state index in [4.69, 9.17) is 4.74 Å². The normalized spacial score (nSPS) is 11.7. The highest BCUT2D eigenvalue weighted by Gasteiger charge is 2.10. The summed E-state index contributed by atoms with van der Waals surface area (Å²) in [6.07, 6.45) is 1.77. The van der Waals surface area contributed by atoms with E-state index in [0.717, 1.165) is 17.1 Å². The third-order valence-electron chi connectivity index (χ3n) is 3.27. The zero-order valence-corrected chi connectivity index (χ0v) is 13.1. The van der Waals surface area contributed by atoms with Gasteiger partial charge in [0.2, 0.25) is 11.8 Å². The highest BCUT2D eigenvalue weighted by molar-refractivity contribution is 5.35. The maximum atomic E-state index is 5.78. The van der Waals surface area contributed by atoms with E-state index in [1.807, 2.05) is 68.4 Å². The van der Waals surface area contributed by atoms with Gasteiger partial charge in [0.15, 0.2) is 0 Å². The second-order valence-electron chi connectivity index (χ2n) is 5.21. The van der Waals surface area contributed by atoms with Crippen LogP contribution in [0.3, 0.4) is 0 Å². The molecule has 3 rings (SSSR count). The van der Waals surface area contributed by atoms with Gasteiger partial charge in [0.1, 0.15) is 5.75 Å². The SMILES string of the molecule is Cc1cc(Oc2ccccc2)nc(NC(C)c2ccccn2)n1. The van der Waals surface area contributed by atoms with Crippen LogP contribution in [-0.2, 0) is 0 Å². The van der Waals surface area contributed by atoms with Gasteiger partial charge < -0.3 is 10.1 Å². The smallest absolute Gasteiger partial charge is 0.226 e. The van der Waals surface area contributed by atoms with E-state index < -0.39 is 0 Å². The summed E-state index contributed by atoms with van der Waals surface area (Å²) in [6, 6.07) is 17.2. The Bertz CT molecular complexity index is 762. The lowest BCUT2D eigenvalue weighted by Gasteiger charge is -2.14. The minimum atomic E-state index is 0.00238. The third kappa shape index (κ3) is 4.03. The molecule has 3 aromatic rings. The number of nitrogens with one attached hydrogen (secondary N) is 1. The molecule has 1 atom stereocenters. The van der Waals surface area contributed by atoms with Gasteiger partial charge in [-0.05, 0) is 38.1 Å². The van der Waals surface area contributed by atoms with Crippen molar-refractivity contribution in [2.45, 2.75) is 19.9 Å². The molecule has 2 aromatic heterocycles. The minimum absolute atomic E-state index is 0.00238. The summed E-state index contributed by atoms with van der Waals surface area (Å²) >= 11 is 0. The zero-order chi connectivity index (χ0) is 16.1. The van der Waals surface area contributed by atoms with Gasteiger partial charge in [0.25, 0.3) is 0 Å². The van der Waals surface area contributed by atoms with Gasteiger partial charge in [-0.25, -0.2) is 4.98 Å². The molecule has 0 aliphatic rings. The highest BCUT2D eigenvalue weighted by Crippen LogP contribution is 2.22. The number of rotatable bonds is 5. The van der Waals surface area contributed by atoms with E-state index >= 15 is 0 Å². The summed E-state index contributed by atoms with van der Waals surface area (Å²) in [5.74, 6) is 1.78. The van der Waals surface area contributed by atoms with Gasteiger partial charge in [-0.2, -0.15) is 4.98 Å². The number of hydrogen-bond donors (Lipinski definition) is 1. The average Bonchev–Trinajstić information content (AvgIpc) is 2.56.